The van der Waals surface area contributed by atoms with E-state index in [-0.39, 0.29) is 5.91 Å². The Morgan fingerprint density at radius 1 is 1.33 bits per heavy atom. The van der Waals surface area contributed by atoms with E-state index in [4.69, 9.17) is 0 Å². The van der Waals surface area contributed by atoms with Crippen LogP contribution in [-0.2, 0) is 4.79 Å². The molecule has 5 heteroatoms. The van der Waals surface area contributed by atoms with Crippen molar-refractivity contribution in [3.8, 4) is 0 Å². The lowest BCUT2D eigenvalue weighted by atomic mass is 10.2. The first kappa shape index (κ1) is 18.2. The monoisotopic (exact) mass is 311 g/mol. The predicted octanol–water partition coefficient (Wildman–Crippen LogP) is 3.01. The summed E-state index contributed by atoms with van der Waals surface area (Å²) in [6.45, 7) is 7.88. The summed E-state index contributed by atoms with van der Waals surface area (Å²) in [5, 5.41) is 0. The third kappa shape index (κ3) is 6.22. The molecule has 21 heavy (non-hydrogen) atoms. The number of rotatable bonds is 9. The number of hydrogen-bond acceptors (Lipinski definition) is 4. The molecule has 0 fully saturated rings. The highest BCUT2D eigenvalue weighted by molar-refractivity contribution is 8.03. The number of carbonyl (C=O) groups is 1. The number of nitrogens with zero attached hydrogens (tertiary/aromatic N) is 3. The molecule has 0 atom stereocenters. The van der Waals surface area contributed by atoms with Crippen LogP contribution in [0.5, 0.6) is 0 Å². The van der Waals surface area contributed by atoms with Crippen molar-refractivity contribution < 1.29 is 4.79 Å². The van der Waals surface area contributed by atoms with E-state index >= 15 is 0 Å². The van der Waals surface area contributed by atoms with Gasteiger partial charge in [0.15, 0.2) is 0 Å². The Morgan fingerprint density at radius 2 is 2.05 bits per heavy atom. The largest absolute Gasteiger partial charge is 0.306 e. The number of hydrogen-bond donors (Lipinski definition) is 0. The van der Waals surface area contributed by atoms with Crippen LogP contribution in [0.4, 0.5) is 0 Å². The van der Waals surface area contributed by atoms with Gasteiger partial charge in [-0.3, -0.25) is 14.7 Å². The second-order valence-electron chi connectivity index (χ2n) is 5.63. The molecule has 0 saturated heterocycles. The third-order valence-corrected chi connectivity index (χ3v) is 4.61. The van der Waals surface area contributed by atoms with Crippen LogP contribution in [0.25, 0.3) is 0 Å². The van der Waals surface area contributed by atoms with Crippen LogP contribution in [0.2, 0.25) is 0 Å². The third-order valence-electron chi connectivity index (χ3n) is 3.68. The van der Waals surface area contributed by atoms with Crippen molar-refractivity contribution in [1.82, 2.24) is 9.80 Å². The number of unbranched alkanes of at least 4 members (excludes halogenated alkanes) is 2. The Hall–Kier alpha value is -0.810. The maximum absolute atomic E-state index is 12.4. The Bertz CT molecular complexity index is 393. The molecular weight excluding hydrogens is 282 g/mol. The van der Waals surface area contributed by atoms with E-state index in [2.05, 4.69) is 23.9 Å². The molecule has 1 heterocycles. The average molecular weight is 311 g/mol. The van der Waals surface area contributed by atoms with Gasteiger partial charge in [0.1, 0.15) is 0 Å². The van der Waals surface area contributed by atoms with Gasteiger partial charge < -0.3 is 4.90 Å². The molecule has 1 aliphatic rings. The van der Waals surface area contributed by atoms with E-state index in [0.717, 1.165) is 36.4 Å². The maximum atomic E-state index is 12.4. The Balaban J connectivity index is 2.36. The summed E-state index contributed by atoms with van der Waals surface area (Å²) < 4.78 is 0. The minimum absolute atomic E-state index is 0.112. The lowest BCUT2D eigenvalue weighted by Gasteiger charge is -2.19. The van der Waals surface area contributed by atoms with Gasteiger partial charge in [-0.2, -0.15) is 0 Å². The molecule has 0 N–H and O–H groups in total. The zero-order valence-electron chi connectivity index (χ0n) is 13.9. The van der Waals surface area contributed by atoms with E-state index in [1.54, 1.807) is 11.2 Å². The van der Waals surface area contributed by atoms with E-state index < -0.39 is 0 Å². The normalized spacial score (nSPS) is 16.0. The van der Waals surface area contributed by atoms with Gasteiger partial charge >= 0.3 is 0 Å². The summed E-state index contributed by atoms with van der Waals surface area (Å²) >= 11 is 1.53. The number of aliphatic imine (C=N–C) groups is 1. The van der Waals surface area contributed by atoms with Gasteiger partial charge in [-0.15, -0.1) is 11.8 Å². The second-order valence-corrected chi connectivity index (χ2v) is 6.45. The molecule has 0 radical (unpaired) electrons. The summed E-state index contributed by atoms with van der Waals surface area (Å²) in [6.07, 6.45) is 8.32. The first-order valence-electron chi connectivity index (χ1n) is 7.83. The zero-order chi connectivity index (χ0) is 15.7. The summed E-state index contributed by atoms with van der Waals surface area (Å²) in [7, 11) is 2.17. The summed E-state index contributed by atoms with van der Waals surface area (Å²) in [6, 6.07) is 0. The minimum atomic E-state index is 0.112. The average Bonchev–Trinajstić information content (AvgIpc) is 2.60. The molecule has 1 rings (SSSR count). The lowest BCUT2D eigenvalue weighted by molar-refractivity contribution is -0.122. The molecule has 0 aromatic heterocycles. The SMILES string of the molecule is CCCCN(C)CCCCN1C=NCC(C)=C(SC)C1=O. The zero-order valence-corrected chi connectivity index (χ0v) is 14.7. The molecular formula is C16H29N3OS. The van der Waals surface area contributed by atoms with Gasteiger partial charge in [-0.05, 0) is 58.2 Å². The molecule has 0 unspecified atom stereocenters. The molecule has 1 aliphatic heterocycles. The number of carbonyl (C=O) groups excluding carboxylic acids is 1. The van der Waals surface area contributed by atoms with Gasteiger partial charge in [0, 0.05) is 6.54 Å². The lowest BCUT2D eigenvalue weighted by Crippen LogP contribution is -2.31. The van der Waals surface area contributed by atoms with Gasteiger partial charge in [-0.25, -0.2) is 0 Å². The fraction of sp³-hybridized carbons (Fsp3) is 0.750. The second kappa shape index (κ2) is 10.0. The molecule has 0 aliphatic carbocycles. The van der Waals surface area contributed by atoms with Crippen molar-refractivity contribution in [3.05, 3.63) is 10.5 Å². The van der Waals surface area contributed by atoms with Crippen LogP contribution in [-0.4, -0.2) is 61.5 Å². The van der Waals surface area contributed by atoms with Gasteiger partial charge in [0.05, 0.1) is 17.8 Å². The fourth-order valence-corrected chi connectivity index (χ4v) is 3.04. The highest BCUT2D eigenvalue weighted by Gasteiger charge is 2.20. The Morgan fingerprint density at radius 3 is 2.71 bits per heavy atom. The molecule has 120 valence electrons. The van der Waals surface area contributed by atoms with Crippen LogP contribution >= 0.6 is 11.8 Å². The van der Waals surface area contributed by atoms with Crippen LogP contribution in [0.3, 0.4) is 0 Å². The van der Waals surface area contributed by atoms with Crippen molar-refractivity contribution >= 4 is 24.0 Å². The first-order chi connectivity index (χ1) is 10.1. The highest BCUT2D eigenvalue weighted by atomic mass is 32.2. The predicted molar refractivity (Wildman–Crippen MR) is 92.9 cm³/mol. The molecule has 1 amide bonds. The molecule has 4 nitrogen and oxygen atoms in total. The van der Waals surface area contributed by atoms with Crippen LogP contribution in [0, 0.1) is 0 Å². The standard InChI is InChI=1S/C16H29N3OS/c1-5-6-9-18(3)10-7-8-11-19-13-17-12-14(2)15(21-4)16(19)20/h13H,5-12H2,1-4H3. The van der Waals surface area contributed by atoms with Crippen molar-refractivity contribution in [3.63, 3.8) is 0 Å². The number of thioether (sulfide) groups is 1. The van der Waals surface area contributed by atoms with Crippen molar-refractivity contribution in [2.24, 2.45) is 4.99 Å². The van der Waals surface area contributed by atoms with E-state index in [9.17, 15) is 4.79 Å². The van der Waals surface area contributed by atoms with Crippen LogP contribution < -0.4 is 0 Å². The highest BCUT2D eigenvalue weighted by Crippen LogP contribution is 2.21. The van der Waals surface area contributed by atoms with E-state index in [0.29, 0.717) is 6.54 Å². The van der Waals surface area contributed by atoms with Gasteiger partial charge in [0.25, 0.3) is 5.91 Å². The van der Waals surface area contributed by atoms with Crippen LogP contribution in [0.1, 0.15) is 39.5 Å². The Kier molecular flexibility index (Phi) is 8.69. The molecule has 0 spiro atoms. The minimum Gasteiger partial charge on any atom is -0.306 e. The first-order valence-corrected chi connectivity index (χ1v) is 9.05. The van der Waals surface area contributed by atoms with E-state index in [1.807, 2.05) is 13.2 Å². The quantitative estimate of drug-likeness (QED) is 0.614. The Labute approximate surface area is 133 Å². The van der Waals surface area contributed by atoms with Gasteiger partial charge in [-0.1, -0.05) is 13.3 Å². The van der Waals surface area contributed by atoms with Crippen molar-refractivity contribution in [2.45, 2.75) is 39.5 Å². The van der Waals surface area contributed by atoms with Crippen molar-refractivity contribution in [1.29, 1.82) is 0 Å². The number of amides is 1. The topological polar surface area (TPSA) is 35.9 Å². The fourth-order valence-electron chi connectivity index (χ4n) is 2.34. The summed E-state index contributed by atoms with van der Waals surface area (Å²) in [5.74, 6) is 0.112. The summed E-state index contributed by atoms with van der Waals surface area (Å²) in [4.78, 5) is 21.7. The van der Waals surface area contributed by atoms with E-state index in [1.165, 1.54) is 31.1 Å². The van der Waals surface area contributed by atoms with Crippen molar-refractivity contribution in [2.75, 3.05) is 39.5 Å². The molecule has 0 aromatic carbocycles. The smallest absolute Gasteiger partial charge is 0.265 e. The molecule has 0 aromatic rings. The molecule has 0 bridgehead atoms. The maximum Gasteiger partial charge on any atom is 0.265 e. The van der Waals surface area contributed by atoms with Crippen LogP contribution in [0.15, 0.2) is 15.5 Å². The van der Waals surface area contributed by atoms with Gasteiger partial charge in [0.2, 0.25) is 0 Å². The summed E-state index contributed by atoms with van der Waals surface area (Å²) in [5.41, 5.74) is 1.07. The molecule has 0 saturated carbocycles.